The van der Waals surface area contributed by atoms with Gasteiger partial charge in [-0.05, 0) is 43.7 Å². The van der Waals surface area contributed by atoms with Crippen LogP contribution in [0.15, 0.2) is 48.2 Å². The molecule has 0 atom stereocenters. The van der Waals surface area contributed by atoms with Crippen LogP contribution >= 0.6 is 0 Å². The summed E-state index contributed by atoms with van der Waals surface area (Å²) >= 11 is 0. The summed E-state index contributed by atoms with van der Waals surface area (Å²) in [5, 5.41) is 3.13. The lowest BCUT2D eigenvalue weighted by Crippen LogP contribution is -2.35. The molecular weight excluding hydrogens is 412 g/mol. The predicted octanol–water partition coefficient (Wildman–Crippen LogP) is 3.33. The molecule has 3 rings (SSSR count). The second-order valence-corrected chi connectivity index (χ2v) is 6.89. The van der Waals surface area contributed by atoms with Crippen molar-refractivity contribution < 1.29 is 28.5 Å². The second kappa shape index (κ2) is 10.7. The lowest BCUT2D eigenvalue weighted by Gasteiger charge is -2.15. The fraction of sp³-hybridized carbons (Fsp3) is 0.333. The van der Waals surface area contributed by atoms with Crippen LogP contribution < -0.4 is 19.5 Å². The zero-order valence-electron chi connectivity index (χ0n) is 18.8. The molecule has 0 radical (unpaired) electrons. The van der Waals surface area contributed by atoms with E-state index in [0.717, 1.165) is 0 Å². The number of hydrogen-bond acceptors (Lipinski definition) is 7. The van der Waals surface area contributed by atoms with Crippen LogP contribution in [0.5, 0.6) is 17.2 Å². The van der Waals surface area contributed by atoms with Crippen molar-refractivity contribution in [2.75, 3.05) is 45.9 Å². The van der Waals surface area contributed by atoms with Gasteiger partial charge in [-0.15, -0.1) is 0 Å². The minimum Gasteiger partial charge on any atom is -0.497 e. The summed E-state index contributed by atoms with van der Waals surface area (Å²) in [6, 6.07) is 12.3. The Balaban J connectivity index is 2.01. The molecule has 8 heteroatoms. The van der Waals surface area contributed by atoms with E-state index in [2.05, 4.69) is 5.32 Å². The van der Waals surface area contributed by atoms with Gasteiger partial charge in [0, 0.05) is 18.9 Å². The maximum absolute atomic E-state index is 13.2. The molecule has 0 saturated carbocycles. The Bertz CT molecular complexity index is 1000. The van der Waals surface area contributed by atoms with Crippen LogP contribution in [-0.4, -0.2) is 57.3 Å². The molecule has 1 aliphatic rings. The van der Waals surface area contributed by atoms with Crippen LogP contribution in [0.2, 0.25) is 0 Å². The molecule has 0 fully saturated rings. The molecule has 0 aromatic heterocycles. The number of anilines is 1. The molecule has 0 saturated heterocycles. The van der Waals surface area contributed by atoms with Crippen molar-refractivity contribution in [2.45, 2.75) is 13.8 Å². The van der Waals surface area contributed by atoms with E-state index in [9.17, 15) is 9.59 Å². The number of nitrogens with zero attached hydrogens (tertiary/aromatic N) is 1. The van der Waals surface area contributed by atoms with Gasteiger partial charge in [-0.3, -0.25) is 14.5 Å². The summed E-state index contributed by atoms with van der Waals surface area (Å²) in [5.41, 5.74) is 1.71. The smallest absolute Gasteiger partial charge is 0.278 e. The van der Waals surface area contributed by atoms with Gasteiger partial charge in [0.05, 0.1) is 39.0 Å². The van der Waals surface area contributed by atoms with Crippen molar-refractivity contribution in [1.29, 1.82) is 0 Å². The Morgan fingerprint density at radius 3 is 2.19 bits per heavy atom. The maximum Gasteiger partial charge on any atom is 0.278 e. The molecule has 0 unspecified atom stereocenters. The lowest BCUT2D eigenvalue weighted by molar-refractivity contribution is -0.137. The molecule has 2 aromatic rings. The average molecular weight is 440 g/mol. The summed E-state index contributed by atoms with van der Waals surface area (Å²) < 4.78 is 21.6. The van der Waals surface area contributed by atoms with E-state index in [0.29, 0.717) is 47.3 Å². The van der Waals surface area contributed by atoms with Crippen LogP contribution in [0.25, 0.3) is 5.57 Å². The van der Waals surface area contributed by atoms with Gasteiger partial charge in [-0.25, -0.2) is 0 Å². The number of carbonyl (C=O) groups is 2. The van der Waals surface area contributed by atoms with Gasteiger partial charge in [-0.2, -0.15) is 0 Å². The lowest BCUT2D eigenvalue weighted by atomic mass is 10.0. The summed E-state index contributed by atoms with van der Waals surface area (Å²) in [6.07, 6.45) is 0. The number of imide groups is 1. The third-order valence-electron chi connectivity index (χ3n) is 4.88. The van der Waals surface area contributed by atoms with Crippen LogP contribution in [0.3, 0.4) is 0 Å². The first-order valence-corrected chi connectivity index (χ1v) is 10.4. The normalized spacial score (nSPS) is 13.6. The molecule has 32 heavy (non-hydrogen) atoms. The van der Waals surface area contributed by atoms with E-state index in [1.165, 1.54) is 12.0 Å². The SMILES string of the molecule is CCOc1ccc(NC2=C(c3ccc(OC)cc3)C(=O)N(CCOC)C2=O)cc1OCC. The molecule has 8 nitrogen and oxygen atoms in total. The minimum atomic E-state index is -0.412. The topological polar surface area (TPSA) is 86.3 Å². The van der Waals surface area contributed by atoms with Crippen molar-refractivity contribution in [1.82, 2.24) is 4.90 Å². The van der Waals surface area contributed by atoms with E-state index in [-0.39, 0.29) is 24.8 Å². The summed E-state index contributed by atoms with van der Waals surface area (Å²) in [4.78, 5) is 27.5. The number of hydrogen-bond donors (Lipinski definition) is 1. The predicted molar refractivity (Wildman–Crippen MR) is 121 cm³/mol. The zero-order chi connectivity index (χ0) is 23.1. The first-order valence-electron chi connectivity index (χ1n) is 10.4. The van der Waals surface area contributed by atoms with Gasteiger partial charge >= 0.3 is 0 Å². The molecule has 0 bridgehead atoms. The van der Waals surface area contributed by atoms with Gasteiger partial charge in [0.2, 0.25) is 0 Å². The van der Waals surface area contributed by atoms with Gasteiger partial charge in [0.1, 0.15) is 11.4 Å². The molecule has 0 spiro atoms. The first kappa shape index (κ1) is 23.1. The van der Waals surface area contributed by atoms with E-state index in [1.807, 2.05) is 13.8 Å². The van der Waals surface area contributed by atoms with Crippen molar-refractivity contribution >= 4 is 23.1 Å². The van der Waals surface area contributed by atoms with Gasteiger partial charge in [0.15, 0.2) is 11.5 Å². The molecule has 1 heterocycles. The minimum absolute atomic E-state index is 0.159. The molecule has 0 aliphatic carbocycles. The summed E-state index contributed by atoms with van der Waals surface area (Å²) in [6.45, 7) is 5.15. The number of benzene rings is 2. The number of nitrogens with one attached hydrogen (secondary N) is 1. The van der Waals surface area contributed by atoms with Gasteiger partial charge in [-0.1, -0.05) is 12.1 Å². The van der Waals surface area contributed by atoms with Gasteiger partial charge < -0.3 is 24.3 Å². The van der Waals surface area contributed by atoms with Gasteiger partial charge in [0.25, 0.3) is 11.8 Å². The number of methoxy groups -OCH3 is 2. The third-order valence-corrected chi connectivity index (χ3v) is 4.88. The number of amides is 2. The molecular formula is C24H28N2O6. The summed E-state index contributed by atoms with van der Waals surface area (Å²) in [5.74, 6) is 1.03. The molecule has 2 amide bonds. The first-order chi connectivity index (χ1) is 15.5. The monoisotopic (exact) mass is 440 g/mol. The average Bonchev–Trinajstić information content (AvgIpc) is 3.03. The van der Waals surface area contributed by atoms with Crippen LogP contribution in [0, 0.1) is 0 Å². The Hall–Kier alpha value is -3.52. The fourth-order valence-corrected chi connectivity index (χ4v) is 3.38. The Labute approximate surface area is 187 Å². The van der Waals surface area contributed by atoms with Crippen LogP contribution in [0.4, 0.5) is 5.69 Å². The largest absolute Gasteiger partial charge is 0.497 e. The second-order valence-electron chi connectivity index (χ2n) is 6.89. The number of carbonyl (C=O) groups excluding carboxylic acids is 2. The van der Waals surface area contributed by atoms with Crippen molar-refractivity contribution in [3.05, 3.63) is 53.7 Å². The maximum atomic E-state index is 13.2. The third kappa shape index (κ3) is 4.86. The van der Waals surface area contributed by atoms with E-state index in [1.54, 1.807) is 49.6 Å². The summed E-state index contributed by atoms with van der Waals surface area (Å²) in [7, 11) is 3.09. The van der Waals surface area contributed by atoms with E-state index in [4.69, 9.17) is 18.9 Å². The van der Waals surface area contributed by atoms with Crippen LogP contribution in [-0.2, 0) is 14.3 Å². The van der Waals surface area contributed by atoms with Crippen molar-refractivity contribution in [3.63, 3.8) is 0 Å². The standard InChI is InChI=1S/C24H28N2O6/c1-5-31-19-12-9-17(15-20(19)32-6-2)25-22-21(16-7-10-18(30-4)11-8-16)23(27)26(24(22)28)13-14-29-3/h7-12,15,25H,5-6,13-14H2,1-4H3. The molecule has 2 aromatic carbocycles. The number of rotatable bonds is 11. The van der Waals surface area contributed by atoms with Crippen molar-refractivity contribution in [3.8, 4) is 17.2 Å². The van der Waals surface area contributed by atoms with E-state index >= 15 is 0 Å². The number of ether oxygens (including phenoxy) is 4. The molecule has 1 aliphatic heterocycles. The zero-order valence-corrected chi connectivity index (χ0v) is 18.8. The van der Waals surface area contributed by atoms with E-state index < -0.39 is 5.91 Å². The Morgan fingerprint density at radius 2 is 1.56 bits per heavy atom. The fourth-order valence-electron chi connectivity index (χ4n) is 3.38. The quantitative estimate of drug-likeness (QED) is 0.537. The Kier molecular flexibility index (Phi) is 7.72. The highest BCUT2D eigenvalue weighted by Gasteiger charge is 2.39. The Morgan fingerprint density at radius 1 is 0.875 bits per heavy atom. The molecule has 170 valence electrons. The highest BCUT2D eigenvalue weighted by molar-refractivity contribution is 6.36. The van der Waals surface area contributed by atoms with Crippen molar-refractivity contribution in [2.24, 2.45) is 0 Å². The molecule has 1 N–H and O–H groups in total. The highest BCUT2D eigenvalue weighted by Crippen LogP contribution is 2.34. The highest BCUT2D eigenvalue weighted by atomic mass is 16.5. The van der Waals surface area contributed by atoms with Crippen LogP contribution in [0.1, 0.15) is 19.4 Å².